The molecule has 1 aliphatic carbocycles. The summed E-state index contributed by atoms with van der Waals surface area (Å²) < 4.78 is 5.77. The Hall–Kier alpha value is -0.860. The monoisotopic (exact) mass is 233 g/mol. The van der Waals surface area contributed by atoms with Crippen LogP contribution in [0.3, 0.4) is 0 Å². The van der Waals surface area contributed by atoms with Gasteiger partial charge in [-0.05, 0) is 45.2 Å². The summed E-state index contributed by atoms with van der Waals surface area (Å²) in [7, 11) is 3.89. The van der Waals surface area contributed by atoms with E-state index in [9.17, 15) is 0 Å². The fourth-order valence-electron chi connectivity index (χ4n) is 2.85. The highest BCUT2D eigenvalue weighted by Gasteiger charge is 2.43. The minimum Gasteiger partial charge on any atom is -0.377 e. The molecule has 0 aliphatic heterocycles. The topological polar surface area (TPSA) is 21.3 Å². The van der Waals surface area contributed by atoms with Crippen molar-refractivity contribution in [3.8, 4) is 0 Å². The first-order chi connectivity index (χ1) is 8.20. The molecule has 2 rings (SSSR count). The highest BCUT2D eigenvalue weighted by molar-refractivity contribution is 5.24. The van der Waals surface area contributed by atoms with Crippen molar-refractivity contribution in [3.05, 3.63) is 35.4 Å². The molecule has 0 heterocycles. The maximum absolute atomic E-state index is 5.77. The van der Waals surface area contributed by atoms with Crippen molar-refractivity contribution in [2.75, 3.05) is 14.2 Å². The third-order valence-corrected chi connectivity index (χ3v) is 4.11. The van der Waals surface area contributed by atoms with Gasteiger partial charge < -0.3 is 10.1 Å². The first-order valence-corrected chi connectivity index (χ1v) is 6.48. The molecule has 1 aromatic rings. The van der Waals surface area contributed by atoms with E-state index in [1.807, 2.05) is 14.2 Å². The Morgan fingerprint density at radius 2 is 2.18 bits per heavy atom. The van der Waals surface area contributed by atoms with Gasteiger partial charge in [-0.2, -0.15) is 0 Å². The smallest absolute Gasteiger partial charge is 0.0834 e. The number of hydrogen-bond donors (Lipinski definition) is 1. The highest BCUT2D eigenvalue weighted by atomic mass is 16.5. The van der Waals surface area contributed by atoms with Gasteiger partial charge in [0.05, 0.1) is 5.60 Å². The van der Waals surface area contributed by atoms with Crippen LogP contribution in [0.2, 0.25) is 0 Å². The van der Waals surface area contributed by atoms with E-state index in [0.29, 0.717) is 6.04 Å². The molecule has 2 nitrogen and oxygen atoms in total. The molecular formula is C15H23NO. The van der Waals surface area contributed by atoms with E-state index in [4.69, 9.17) is 4.74 Å². The summed E-state index contributed by atoms with van der Waals surface area (Å²) in [6, 6.07) is 9.18. The molecule has 94 valence electrons. The number of likely N-dealkylation sites (N-methyl/N-ethyl adjacent to an activating group) is 1. The number of nitrogens with one attached hydrogen (secondary N) is 1. The van der Waals surface area contributed by atoms with Gasteiger partial charge in [-0.25, -0.2) is 0 Å². The van der Waals surface area contributed by atoms with Crippen LogP contribution in [0.15, 0.2) is 24.3 Å². The Morgan fingerprint density at radius 1 is 1.41 bits per heavy atom. The molecule has 0 spiro atoms. The van der Waals surface area contributed by atoms with Gasteiger partial charge >= 0.3 is 0 Å². The van der Waals surface area contributed by atoms with Crippen LogP contribution in [0.1, 0.15) is 30.4 Å². The SMILES string of the molecule is CNC(Cc1cccc(C)c1)C1(OC)CCC1. The number of hydrogen-bond acceptors (Lipinski definition) is 2. The lowest BCUT2D eigenvalue weighted by atomic mass is 9.72. The van der Waals surface area contributed by atoms with Gasteiger partial charge in [0.1, 0.15) is 0 Å². The lowest BCUT2D eigenvalue weighted by molar-refractivity contribution is -0.0966. The zero-order valence-corrected chi connectivity index (χ0v) is 11.1. The average Bonchev–Trinajstić information content (AvgIpc) is 2.27. The molecule has 0 bridgehead atoms. The fraction of sp³-hybridized carbons (Fsp3) is 0.600. The lowest BCUT2D eigenvalue weighted by Gasteiger charge is -2.46. The molecule has 1 fully saturated rings. The van der Waals surface area contributed by atoms with E-state index >= 15 is 0 Å². The normalized spacial score (nSPS) is 19.7. The summed E-state index contributed by atoms with van der Waals surface area (Å²) in [5.74, 6) is 0. The number of rotatable bonds is 5. The van der Waals surface area contributed by atoms with Crippen LogP contribution >= 0.6 is 0 Å². The Kier molecular flexibility index (Phi) is 3.85. The van der Waals surface area contributed by atoms with Gasteiger partial charge in [0.2, 0.25) is 0 Å². The van der Waals surface area contributed by atoms with E-state index in [1.165, 1.54) is 30.4 Å². The van der Waals surface area contributed by atoms with Gasteiger partial charge in [-0.3, -0.25) is 0 Å². The Labute approximate surface area is 104 Å². The number of methoxy groups -OCH3 is 1. The third kappa shape index (κ3) is 2.53. The first-order valence-electron chi connectivity index (χ1n) is 6.48. The summed E-state index contributed by atoms with van der Waals surface area (Å²) >= 11 is 0. The van der Waals surface area contributed by atoms with Crippen molar-refractivity contribution in [3.63, 3.8) is 0 Å². The first kappa shape index (κ1) is 12.6. The summed E-state index contributed by atoms with van der Waals surface area (Å²) in [6.45, 7) is 2.15. The number of aryl methyl sites for hydroxylation is 1. The van der Waals surface area contributed by atoms with Crippen molar-refractivity contribution < 1.29 is 4.74 Å². The average molecular weight is 233 g/mol. The predicted octanol–water partition coefficient (Wildman–Crippen LogP) is 2.69. The molecule has 1 atom stereocenters. The van der Waals surface area contributed by atoms with Crippen molar-refractivity contribution in [1.82, 2.24) is 5.32 Å². The van der Waals surface area contributed by atoms with Crippen molar-refractivity contribution >= 4 is 0 Å². The summed E-state index contributed by atoms with van der Waals surface area (Å²) in [4.78, 5) is 0. The van der Waals surface area contributed by atoms with Crippen LogP contribution in [0.4, 0.5) is 0 Å². The van der Waals surface area contributed by atoms with Gasteiger partial charge in [0.25, 0.3) is 0 Å². The van der Waals surface area contributed by atoms with Crippen LogP contribution in [0.25, 0.3) is 0 Å². The Morgan fingerprint density at radius 3 is 2.65 bits per heavy atom. The van der Waals surface area contributed by atoms with E-state index in [-0.39, 0.29) is 5.60 Å². The molecule has 0 saturated heterocycles. The standard InChI is InChI=1S/C15H23NO/c1-12-6-4-7-13(10-12)11-14(16-2)15(17-3)8-5-9-15/h4,6-7,10,14,16H,5,8-9,11H2,1-3H3. The van der Waals surface area contributed by atoms with Gasteiger partial charge in [0.15, 0.2) is 0 Å². The zero-order valence-electron chi connectivity index (χ0n) is 11.1. The van der Waals surface area contributed by atoms with Crippen LogP contribution in [-0.4, -0.2) is 25.8 Å². The number of benzene rings is 1. The second-order valence-electron chi connectivity index (χ2n) is 5.16. The quantitative estimate of drug-likeness (QED) is 0.844. The molecular weight excluding hydrogens is 210 g/mol. The molecule has 0 amide bonds. The molecule has 1 aliphatic rings. The predicted molar refractivity (Wildman–Crippen MR) is 71.3 cm³/mol. The Bertz CT molecular complexity index is 365. The van der Waals surface area contributed by atoms with E-state index < -0.39 is 0 Å². The molecule has 2 heteroatoms. The van der Waals surface area contributed by atoms with Gasteiger partial charge in [-0.1, -0.05) is 29.8 Å². The van der Waals surface area contributed by atoms with Crippen LogP contribution in [0.5, 0.6) is 0 Å². The minimum absolute atomic E-state index is 0.0680. The van der Waals surface area contributed by atoms with Crippen LogP contribution < -0.4 is 5.32 Å². The molecule has 0 aromatic heterocycles. The molecule has 1 N–H and O–H groups in total. The second kappa shape index (κ2) is 5.19. The largest absolute Gasteiger partial charge is 0.377 e. The maximum Gasteiger partial charge on any atom is 0.0834 e. The van der Waals surface area contributed by atoms with E-state index in [0.717, 1.165) is 6.42 Å². The van der Waals surface area contributed by atoms with E-state index in [1.54, 1.807) is 0 Å². The third-order valence-electron chi connectivity index (χ3n) is 4.11. The summed E-state index contributed by atoms with van der Waals surface area (Å²) in [5.41, 5.74) is 2.79. The molecule has 1 saturated carbocycles. The van der Waals surface area contributed by atoms with Gasteiger partial charge in [0, 0.05) is 13.2 Å². The van der Waals surface area contributed by atoms with Crippen LogP contribution in [-0.2, 0) is 11.2 Å². The van der Waals surface area contributed by atoms with Gasteiger partial charge in [-0.15, -0.1) is 0 Å². The summed E-state index contributed by atoms with van der Waals surface area (Å²) in [5, 5.41) is 3.44. The highest BCUT2D eigenvalue weighted by Crippen LogP contribution is 2.39. The van der Waals surface area contributed by atoms with Crippen molar-refractivity contribution in [2.24, 2.45) is 0 Å². The number of ether oxygens (including phenoxy) is 1. The maximum atomic E-state index is 5.77. The van der Waals surface area contributed by atoms with E-state index in [2.05, 4.69) is 36.5 Å². The van der Waals surface area contributed by atoms with Crippen molar-refractivity contribution in [1.29, 1.82) is 0 Å². The summed E-state index contributed by atoms with van der Waals surface area (Å²) in [6.07, 6.45) is 4.70. The molecule has 0 radical (unpaired) electrons. The Balaban J connectivity index is 2.09. The zero-order chi connectivity index (χ0) is 12.3. The molecule has 1 aromatic carbocycles. The van der Waals surface area contributed by atoms with Crippen molar-refractivity contribution in [2.45, 2.75) is 44.2 Å². The minimum atomic E-state index is 0.0680. The molecule has 1 unspecified atom stereocenters. The van der Waals surface area contributed by atoms with Crippen LogP contribution in [0, 0.1) is 6.92 Å². The second-order valence-corrected chi connectivity index (χ2v) is 5.16. The molecule has 17 heavy (non-hydrogen) atoms. The lowest BCUT2D eigenvalue weighted by Crippen LogP contribution is -2.56. The fourth-order valence-corrected chi connectivity index (χ4v) is 2.85.